The molecule has 0 aliphatic carbocycles. The fraction of sp³-hybridized carbons (Fsp3) is 0.579. The minimum absolute atomic E-state index is 0.108. The van der Waals surface area contributed by atoms with Crippen molar-refractivity contribution in [3.8, 4) is 0 Å². The molecule has 1 N–H and O–H groups in total. The molecule has 0 bridgehead atoms. The fourth-order valence-electron chi connectivity index (χ4n) is 3.58. The van der Waals surface area contributed by atoms with E-state index in [1.807, 2.05) is 24.4 Å². The monoisotopic (exact) mass is 358 g/mol. The van der Waals surface area contributed by atoms with E-state index in [-0.39, 0.29) is 6.04 Å². The average Bonchev–Trinajstić information content (AvgIpc) is 3.22. The first-order chi connectivity index (χ1) is 12.9. The van der Waals surface area contributed by atoms with Crippen molar-refractivity contribution in [2.24, 2.45) is 5.92 Å². The number of anilines is 1. The van der Waals surface area contributed by atoms with Crippen molar-refractivity contribution < 1.29 is 13.9 Å². The van der Waals surface area contributed by atoms with Crippen molar-refractivity contribution in [3.63, 3.8) is 0 Å². The molecular weight excluding hydrogens is 332 g/mol. The summed E-state index contributed by atoms with van der Waals surface area (Å²) in [5.74, 6) is 3.20. The molecule has 0 amide bonds. The van der Waals surface area contributed by atoms with Gasteiger partial charge in [-0.05, 0) is 37.0 Å². The zero-order valence-corrected chi connectivity index (χ0v) is 15.0. The summed E-state index contributed by atoms with van der Waals surface area (Å²) in [5, 5.41) is 3.30. The molecule has 0 saturated carbocycles. The molecule has 7 nitrogen and oxygen atoms in total. The highest BCUT2D eigenvalue weighted by Gasteiger charge is 2.29. The highest BCUT2D eigenvalue weighted by molar-refractivity contribution is 5.33. The molecule has 2 aliphatic heterocycles. The van der Waals surface area contributed by atoms with Crippen molar-refractivity contribution in [1.82, 2.24) is 14.9 Å². The maximum absolute atomic E-state index is 5.73. The number of nitrogens with zero attached hydrogens (tertiary/aromatic N) is 3. The molecule has 26 heavy (non-hydrogen) atoms. The van der Waals surface area contributed by atoms with E-state index < -0.39 is 0 Å². The molecule has 4 heterocycles. The molecule has 0 unspecified atom stereocenters. The maximum Gasteiger partial charge on any atom is 0.150 e. The predicted molar refractivity (Wildman–Crippen MR) is 96.7 cm³/mol. The van der Waals surface area contributed by atoms with Gasteiger partial charge in [-0.1, -0.05) is 0 Å². The minimum Gasteiger partial charge on any atom is -0.467 e. The predicted octanol–water partition coefficient (Wildman–Crippen LogP) is 2.48. The van der Waals surface area contributed by atoms with Crippen molar-refractivity contribution in [2.75, 3.05) is 44.8 Å². The Hall–Kier alpha value is -1.96. The van der Waals surface area contributed by atoms with Crippen molar-refractivity contribution in [3.05, 3.63) is 42.2 Å². The van der Waals surface area contributed by atoms with E-state index in [4.69, 9.17) is 18.9 Å². The lowest BCUT2D eigenvalue weighted by Gasteiger charge is -2.37. The van der Waals surface area contributed by atoms with Crippen LogP contribution in [0.4, 0.5) is 5.82 Å². The quantitative estimate of drug-likeness (QED) is 0.850. The third-order valence-electron chi connectivity index (χ3n) is 5.07. The molecule has 140 valence electrons. The Balaban J connectivity index is 1.42. The third kappa shape index (κ3) is 4.41. The van der Waals surface area contributed by atoms with Gasteiger partial charge in [0.2, 0.25) is 0 Å². The van der Waals surface area contributed by atoms with E-state index in [0.717, 1.165) is 63.2 Å². The highest BCUT2D eigenvalue weighted by atomic mass is 16.5. The second-order valence-electron chi connectivity index (χ2n) is 6.87. The van der Waals surface area contributed by atoms with Crippen molar-refractivity contribution in [1.29, 1.82) is 0 Å². The maximum atomic E-state index is 5.73. The Morgan fingerprint density at radius 2 is 2.08 bits per heavy atom. The lowest BCUT2D eigenvalue weighted by atomic mass is 9.98. The summed E-state index contributed by atoms with van der Waals surface area (Å²) in [5.41, 5.74) is 0. The third-order valence-corrected chi connectivity index (χ3v) is 5.07. The fourth-order valence-corrected chi connectivity index (χ4v) is 3.58. The summed E-state index contributed by atoms with van der Waals surface area (Å²) in [6.07, 6.45) is 5.76. The summed E-state index contributed by atoms with van der Waals surface area (Å²) in [6.45, 7) is 5.77. The zero-order valence-electron chi connectivity index (χ0n) is 15.0. The van der Waals surface area contributed by atoms with E-state index in [9.17, 15) is 0 Å². The summed E-state index contributed by atoms with van der Waals surface area (Å²) < 4.78 is 16.6. The van der Waals surface area contributed by atoms with Crippen LogP contribution in [0.1, 0.15) is 30.5 Å². The molecule has 1 atom stereocenters. The van der Waals surface area contributed by atoms with Crippen LogP contribution in [0.5, 0.6) is 0 Å². The van der Waals surface area contributed by atoms with Crippen molar-refractivity contribution >= 4 is 5.82 Å². The smallest absolute Gasteiger partial charge is 0.150 e. The number of aromatic nitrogens is 2. The molecule has 2 saturated heterocycles. The van der Waals surface area contributed by atoms with Crippen molar-refractivity contribution in [2.45, 2.75) is 25.4 Å². The van der Waals surface area contributed by atoms with Crippen LogP contribution in [0.3, 0.4) is 0 Å². The number of hydrogen-bond donors (Lipinski definition) is 1. The first-order valence-electron chi connectivity index (χ1n) is 9.37. The molecular formula is C19H26N4O3. The highest BCUT2D eigenvalue weighted by Crippen LogP contribution is 2.26. The van der Waals surface area contributed by atoms with Crippen LogP contribution >= 0.6 is 0 Å². The van der Waals surface area contributed by atoms with Gasteiger partial charge in [0, 0.05) is 32.5 Å². The van der Waals surface area contributed by atoms with E-state index in [2.05, 4.69) is 15.2 Å². The largest absolute Gasteiger partial charge is 0.467 e. The van der Waals surface area contributed by atoms with Crippen LogP contribution in [0.2, 0.25) is 0 Å². The average molecular weight is 358 g/mol. The molecule has 2 aliphatic rings. The number of hydrogen-bond acceptors (Lipinski definition) is 7. The minimum atomic E-state index is 0.108. The van der Waals surface area contributed by atoms with E-state index in [1.54, 1.807) is 6.26 Å². The number of nitrogens with one attached hydrogen (secondary N) is 1. The number of rotatable bonds is 6. The van der Waals surface area contributed by atoms with Gasteiger partial charge in [0.05, 0.1) is 32.1 Å². The molecule has 2 aromatic heterocycles. The lowest BCUT2D eigenvalue weighted by molar-refractivity contribution is -0.0295. The number of furan rings is 1. The van der Waals surface area contributed by atoms with Gasteiger partial charge in [-0.25, -0.2) is 9.97 Å². The van der Waals surface area contributed by atoms with Crippen LogP contribution in [0.25, 0.3) is 0 Å². The number of ether oxygens (including phenoxy) is 2. The second kappa shape index (κ2) is 8.62. The molecule has 7 heteroatoms. The number of morpholine rings is 1. The Bertz CT molecular complexity index is 673. The van der Waals surface area contributed by atoms with Gasteiger partial charge in [-0.15, -0.1) is 0 Å². The van der Waals surface area contributed by atoms with Gasteiger partial charge < -0.3 is 19.2 Å². The van der Waals surface area contributed by atoms with Gasteiger partial charge in [0.1, 0.15) is 17.4 Å². The Kier molecular flexibility index (Phi) is 5.78. The summed E-state index contributed by atoms with van der Waals surface area (Å²) in [7, 11) is 0. The standard InChI is InChI=1S/C19H26N4O3/c1-2-16(26-8-1)12-21-18-3-6-20-19(22-18)17-14-25-11-7-23(17)13-15-4-9-24-10-5-15/h1-3,6,8,15,17H,4-5,7,9-14H2,(H,20,21,22)/t17-/m1/s1. The van der Waals surface area contributed by atoms with Crippen LogP contribution in [0.15, 0.2) is 35.1 Å². The van der Waals surface area contributed by atoms with E-state index >= 15 is 0 Å². The van der Waals surface area contributed by atoms with Gasteiger partial charge in [-0.2, -0.15) is 0 Å². The second-order valence-corrected chi connectivity index (χ2v) is 6.87. The van der Waals surface area contributed by atoms with Gasteiger partial charge >= 0.3 is 0 Å². The summed E-state index contributed by atoms with van der Waals surface area (Å²) >= 11 is 0. The van der Waals surface area contributed by atoms with Crippen LogP contribution in [0, 0.1) is 5.92 Å². The Morgan fingerprint density at radius 3 is 2.92 bits per heavy atom. The van der Waals surface area contributed by atoms with Gasteiger partial charge in [0.15, 0.2) is 0 Å². The molecule has 0 spiro atoms. The lowest BCUT2D eigenvalue weighted by Crippen LogP contribution is -2.43. The van der Waals surface area contributed by atoms with Crippen LogP contribution < -0.4 is 5.32 Å². The Morgan fingerprint density at radius 1 is 1.15 bits per heavy atom. The molecule has 0 radical (unpaired) electrons. The van der Waals surface area contributed by atoms with E-state index in [1.165, 1.54) is 0 Å². The summed E-state index contributed by atoms with van der Waals surface area (Å²) in [4.78, 5) is 11.7. The molecule has 2 aromatic rings. The zero-order chi connectivity index (χ0) is 17.6. The van der Waals surface area contributed by atoms with Gasteiger partial charge in [-0.3, -0.25) is 4.90 Å². The molecule has 4 rings (SSSR count). The Labute approximate surface area is 153 Å². The van der Waals surface area contributed by atoms with Crippen LogP contribution in [-0.4, -0.2) is 54.4 Å². The molecule has 0 aromatic carbocycles. The first-order valence-corrected chi connectivity index (χ1v) is 9.37. The first kappa shape index (κ1) is 17.5. The summed E-state index contributed by atoms with van der Waals surface area (Å²) in [6, 6.07) is 5.83. The normalized spacial score (nSPS) is 22.4. The molecule has 2 fully saturated rings. The SMILES string of the molecule is c1coc(CNc2ccnc([C@H]3COCCN3CC3CCOCC3)n2)c1. The van der Waals surface area contributed by atoms with E-state index in [0.29, 0.717) is 19.1 Å². The van der Waals surface area contributed by atoms with Crippen LogP contribution in [-0.2, 0) is 16.0 Å². The van der Waals surface area contributed by atoms with Gasteiger partial charge in [0.25, 0.3) is 0 Å². The topological polar surface area (TPSA) is 72.7 Å².